The maximum atomic E-state index is 12.7. The number of hydrazone groups is 1. The summed E-state index contributed by atoms with van der Waals surface area (Å²) >= 11 is 0. The van der Waals surface area contributed by atoms with Crippen LogP contribution >= 0.6 is 0 Å². The molecule has 3 aliphatic rings. The molecule has 1 amide bonds. The van der Waals surface area contributed by atoms with E-state index in [1.807, 2.05) is 24.4 Å². The van der Waals surface area contributed by atoms with Crippen molar-refractivity contribution in [3.05, 3.63) is 41.6 Å². The number of carbonyl (C=O) groups is 1. The quantitative estimate of drug-likeness (QED) is 0.602. The van der Waals surface area contributed by atoms with Crippen molar-refractivity contribution < 1.29 is 13.6 Å². The van der Waals surface area contributed by atoms with Gasteiger partial charge < -0.3 is 9.45 Å². The molecule has 0 aliphatic carbocycles. The number of fused-ring (bicyclic) bond motifs is 1. The second kappa shape index (κ2) is 5.53. The number of hydrogen-bond donors (Lipinski definition) is 0. The Morgan fingerprint density at radius 2 is 2.17 bits per heavy atom. The molecule has 1 fully saturated rings. The molecule has 2 unspecified atom stereocenters. The molecule has 0 spiro atoms. The van der Waals surface area contributed by atoms with Gasteiger partial charge in [0, 0.05) is 35.1 Å². The van der Waals surface area contributed by atoms with Crippen molar-refractivity contribution in [2.24, 2.45) is 5.10 Å². The van der Waals surface area contributed by atoms with Gasteiger partial charge in [-0.2, -0.15) is 5.10 Å². The number of benzene rings is 1. The van der Waals surface area contributed by atoms with E-state index in [9.17, 15) is 13.6 Å². The van der Waals surface area contributed by atoms with E-state index in [1.54, 1.807) is 6.92 Å². The van der Waals surface area contributed by atoms with E-state index in [0.717, 1.165) is 18.7 Å². The number of nitrogens with zero attached hydrogens (tertiary/aromatic N) is 3. The SMILES string of the molecule is CC1=NN(C2CC[S+](=O)([O-])C2)C(=O)/C1=C/N1CCc2ccccc21. The van der Waals surface area contributed by atoms with Crippen LogP contribution in [0, 0.1) is 0 Å². The van der Waals surface area contributed by atoms with Gasteiger partial charge in [0.15, 0.2) is 0 Å². The Labute approximate surface area is 142 Å². The summed E-state index contributed by atoms with van der Waals surface area (Å²) in [6.45, 7) is 2.64. The molecular formula is C17H19N3O3S. The average Bonchev–Trinajstić information content (AvgIpc) is 3.19. The summed E-state index contributed by atoms with van der Waals surface area (Å²) in [5.74, 6) is -0.0526. The Bertz CT molecular complexity index is 817. The third-order valence-electron chi connectivity index (χ3n) is 4.85. The number of sulfone groups is 1. The number of anilines is 1. The second-order valence-corrected chi connectivity index (χ2v) is 8.74. The van der Waals surface area contributed by atoms with E-state index in [-0.39, 0.29) is 23.5 Å². The topological polar surface area (TPSA) is 76.0 Å². The maximum Gasteiger partial charge on any atom is 0.277 e. The normalized spacial score (nSPS) is 31.1. The molecule has 2 atom stereocenters. The highest BCUT2D eigenvalue weighted by molar-refractivity contribution is 7.97. The van der Waals surface area contributed by atoms with Gasteiger partial charge in [0.1, 0.15) is 17.5 Å². The lowest BCUT2D eigenvalue weighted by molar-refractivity contribution is -0.127. The molecule has 7 heteroatoms. The molecule has 0 N–H and O–H groups in total. The minimum Gasteiger partial charge on any atom is -0.615 e. The highest BCUT2D eigenvalue weighted by Crippen LogP contribution is 2.31. The van der Waals surface area contributed by atoms with Gasteiger partial charge in [0.2, 0.25) is 0 Å². The zero-order chi connectivity index (χ0) is 16.9. The first-order chi connectivity index (χ1) is 11.4. The van der Waals surface area contributed by atoms with Crippen LogP contribution in [-0.4, -0.2) is 45.3 Å². The van der Waals surface area contributed by atoms with Gasteiger partial charge in [-0.1, -0.05) is 18.2 Å². The Balaban J connectivity index is 1.59. The van der Waals surface area contributed by atoms with Crippen LogP contribution in [0.5, 0.6) is 0 Å². The second-order valence-electron chi connectivity index (χ2n) is 6.51. The molecule has 1 aromatic carbocycles. The zero-order valence-electron chi connectivity index (χ0n) is 13.5. The van der Waals surface area contributed by atoms with Crippen molar-refractivity contribution in [3.8, 4) is 0 Å². The lowest BCUT2D eigenvalue weighted by Gasteiger charge is -2.18. The fourth-order valence-corrected chi connectivity index (χ4v) is 5.25. The molecule has 1 aromatic rings. The van der Waals surface area contributed by atoms with Gasteiger partial charge >= 0.3 is 0 Å². The molecule has 0 bridgehead atoms. The van der Waals surface area contributed by atoms with Crippen LogP contribution in [0.1, 0.15) is 18.9 Å². The van der Waals surface area contributed by atoms with Crippen LogP contribution in [0.25, 0.3) is 0 Å². The van der Waals surface area contributed by atoms with Crippen molar-refractivity contribution in [1.82, 2.24) is 5.01 Å². The summed E-state index contributed by atoms with van der Waals surface area (Å²) in [5, 5.41) is 5.71. The van der Waals surface area contributed by atoms with Gasteiger partial charge in [-0.05, 0) is 25.0 Å². The standard InChI is InChI=1S/C17H19N3O3S/c1-12-15(10-19-8-6-13-4-2-3-5-16(13)19)17(21)20(18-12)14-7-9-24(22,23)11-14/h2-5,10,14H,6-9,11H2,1H3/b15-10+. The molecule has 126 valence electrons. The van der Waals surface area contributed by atoms with E-state index in [4.69, 9.17) is 0 Å². The monoisotopic (exact) mass is 345 g/mol. The Morgan fingerprint density at radius 3 is 2.92 bits per heavy atom. The van der Waals surface area contributed by atoms with Crippen molar-refractivity contribution >= 4 is 27.5 Å². The van der Waals surface area contributed by atoms with Crippen LogP contribution in [0.2, 0.25) is 0 Å². The summed E-state index contributed by atoms with van der Waals surface area (Å²) < 4.78 is 23.3. The maximum absolute atomic E-state index is 12.7. The molecule has 0 aromatic heterocycles. The number of amides is 1. The largest absolute Gasteiger partial charge is 0.615 e. The third-order valence-corrected chi connectivity index (χ3v) is 6.60. The van der Waals surface area contributed by atoms with Gasteiger partial charge in [-0.15, -0.1) is 4.21 Å². The minimum absolute atomic E-state index is 0.00927. The number of carbonyl (C=O) groups excluding carboxylic acids is 1. The summed E-state index contributed by atoms with van der Waals surface area (Å²) in [7, 11) is -3.05. The van der Waals surface area contributed by atoms with Crippen LogP contribution in [0.15, 0.2) is 41.1 Å². The molecule has 3 aliphatic heterocycles. The summed E-state index contributed by atoms with van der Waals surface area (Å²) in [6, 6.07) is 7.82. The van der Waals surface area contributed by atoms with E-state index in [1.165, 1.54) is 10.6 Å². The van der Waals surface area contributed by atoms with Crippen molar-refractivity contribution in [2.75, 3.05) is 23.0 Å². The molecule has 24 heavy (non-hydrogen) atoms. The Morgan fingerprint density at radius 1 is 1.38 bits per heavy atom. The van der Waals surface area contributed by atoms with Crippen LogP contribution in [0.3, 0.4) is 0 Å². The summed E-state index contributed by atoms with van der Waals surface area (Å²) in [5.41, 5.74) is 3.59. The first kappa shape index (κ1) is 15.5. The van der Waals surface area contributed by atoms with E-state index in [0.29, 0.717) is 17.7 Å². The number of hydrogen-bond acceptors (Lipinski definition) is 5. The smallest absolute Gasteiger partial charge is 0.277 e. The lowest BCUT2D eigenvalue weighted by Crippen LogP contribution is -2.35. The van der Waals surface area contributed by atoms with E-state index in [2.05, 4.69) is 16.1 Å². The van der Waals surface area contributed by atoms with Gasteiger partial charge in [0.05, 0.1) is 11.3 Å². The Kier molecular flexibility index (Phi) is 3.58. The first-order valence-electron chi connectivity index (χ1n) is 8.10. The lowest BCUT2D eigenvalue weighted by atomic mass is 10.1. The highest BCUT2D eigenvalue weighted by atomic mass is 32.3. The first-order valence-corrected chi connectivity index (χ1v) is 9.93. The molecule has 0 saturated carbocycles. The van der Waals surface area contributed by atoms with Crippen molar-refractivity contribution in [2.45, 2.75) is 25.8 Å². The predicted octanol–water partition coefficient (Wildman–Crippen LogP) is 1.55. The minimum atomic E-state index is -3.05. The van der Waals surface area contributed by atoms with Gasteiger partial charge in [-0.3, -0.25) is 4.79 Å². The molecule has 0 radical (unpaired) electrons. The summed E-state index contributed by atoms with van der Waals surface area (Å²) in [4.78, 5) is 14.8. The molecule has 4 rings (SSSR count). The van der Waals surface area contributed by atoms with Crippen LogP contribution in [-0.2, 0) is 25.6 Å². The molecule has 3 heterocycles. The predicted molar refractivity (Wildman–Crippen MR) is 92.5 cm³/mol. The zero-order valence-corrected chi connectivity index (χ0v) is 14.3. The highest BCUT2D eigenvalue weighted by Gasteiger charge is 2.42. The average molecular weight is 345 g/mol. The van der Waals surface area contributed by atoms with Crippen LogP contribution in [0.4, 0.5) is 5.69 Å². The molecular weight excluding hydrogens is 326 g/mol. The van der Waals surface area contributed by atoms with Crippen LogP contribution < -0.4 is 4.90 Å². The molecule has 6 nitrogen and oxygen atoms in total. The third kappa shape index (κ3) is 2.57. The van der Waals surface area contributed by atoms with Crippen molar-refractivity contribution in [3.63, 3.8) is 0 Å². The van der Waals surface area contributed by atoms with Crippen molar-refractivity contribution in [1.29, 1.82) is 0 Å². The Hall–Kier alpha value is -1.99. The van der Waals surface area contributed by atoms with Gasteiger partial charge in [0.25, 0.3) is 5.91 Å². The molecule has 1 saturated heterocycles. The van der Waals surface area contributed by atoms with Gasteiger partial charge in [-0.25, -0.2) is 5.01 Å². The fourth-order valence-electron chi connectivity index (χ4n) is 3.56. The number of rotatable bonds is 2. The van der Waals surface area contributed by atoms with E-state index < -0.39 is 10.2 Å². The summed E-state index contributed by atoms with van der Waals surface area (Å²) in [6.07, 6.45) is 3.27. The number of para-hydroxylation sites is 1. The fraction of sp³-hybridized carbons (Fsp3) is 0.412. The van der Waals surface area contributed by atoms with E-state index >= 15 is 0 Å².